The highest BCUT2D eigenvalue weighted by Crippen LogP contribution is 2.29. The molecule has 36 heavy (non-hydrogen) atoms. The van der Waals surface area contributed by atoms with Crippen LogP contribution in [0.25, 0.3) is 11.3 Å². The summed E-state index contributed by atoms with van der Waals surface area (Å²) in [6.45, 7) is 7.47. The van der Waals surface area contributed by atoms with Crippen LogP contribution in [0.5, 0.6) is 5.75 Å². The van der Waals surface area contributed by atoms with Crippen LogP contribution >= 0.6 is 0 Å². The minimum Gasteiger partial charge on any atom is -0.494 e. The topological polar surface area (TPSA) is 71.7 Å². The molecule has 0 bridgehead atoms. The number of likely N-dealkylation sites (N-methyl/N-ethyl adjacent to an activating group) is 1. The molecule has 0 aliphatic carbocycles. The second-order valence-electron chi connectivity index (χ2n) is 8.94. The highest BCUT2D eigenvalue weighted by molar-refractivity contribution is 5.85. The summed E-state index contributed by atoms with van der Waals surface area (Å²) in [5, 5.41) is 8.06. The molecule has 0 N–H and O–H groups in total. The number of ether oxygens (including phenoxy) is 1. The van der Waals surface area contributed by atoms with Crippen LogP contribution in [0.15, 0.2) is 65.6 Å². The number of rotatable bonds is 8. The van der Waals surface area contributed by atoms with Gasteiger partial charge in [0, 0.05) is 38.7 Å². The zero-order valence-corrected chi connectivity index (χ0v) is 20.9. The molecule has 1 aromatic heterocycles. The van der Waals surface area contributed by atoms with Crippen LogP contribution < -0.4 is 4.74 Å². The third-order valence-corrected chi connectivity index (χ3v) is 6.42. The second kappa shape index (κ2) is 11.2. The Morgan fingerprint density at radius 3 is 2.56 bits per heavy atom. The summed E-state index contributed by atoms with van der Waals surface area (Å²) in [6.07, 6.45) is 3.50. The SMILES string of the molecule is C=C(/C=C(/c1ccccc1)N(C)CC(=O)N1CCC(c2nnc(C)o2)CC1)c1ccc(F)c(OC)c1. The Bertz CT molecular complexity index is 1250. The van der Waals surface area contributed by atoms with Gasteiger partial charge < -0.3 is 19.0 Å². The number of carbonyl (C=O) groups is 1. The Balaban J connectivity index is 1.48. The number of carbonyl (C=O) groups excluding carboxylic acids is 1. The zero-order chi connectivity index (χ0) is 25.7. The molecule has 2 aromatic carbocycles. The molecular weight excluding hydrogens is 459 g/mol. The number of hydrogen-bond acceptors (Lipinski definition) is 6. The number of likely N-dealkylation sites (tertiary alicyclic amines) is 1. The van der Waals surface area contributed by atoms with E-state index in [1.165, 1.54) is 13.2 Å². The molecule has 1 aliphatic rings. The van der Waals surface area contributed by atoms with Gasteiger partial charge in [0.2, 0.25) is 17.7 Å². The lowest BCUT2D eigenvalue weighted by atomic mass is 9.97. The Kier molecular flexibility index (Phi) is 7.83. The van der Waals surface area contributed by atoms with E-state index in [2.05, 4.69) is 16.8 Å². The van der Waals surface area contributed by atoms with Crippen LogP contribution in [0.2, 0.25) is 0 Å². The lowest BCUT2D eigenvalue weighted by molar-refractivity contribution is -0.132. The molecule has 3 aromatic rings. The highest BCUT2D eigenvalue weighted by atomic mass is 19.1. The number of halogens is 1. The summed E-state index contributed by atoms with van der Waals surface area (Å²) in [4.78, 5) is 17.0. The van der Waals surface area contributed by atoms with Crippen molar-refractivity contribution in [2.24, 2.45) is 0 Å². The van der Waals surface area contributed by atoms with Crippen molar-refractivity contribution in [1.82, 2.24) is 20.0 Å². The molecule has 2 heterocycles. The molecule has 0 unspecified atom stereocenters. The van der Waals surface area contributed by atoms with Gasteiger partial charge in [-0.05, 0) is 47.8 Å². The lowest BCUT2D eigenvalue weighted by Crippen LogP contribution is -2.42. The van der Waals surface area contributed by atoms with E-state index in [0.717, 1.165) is 29.7 Å². The summed E-state index contributed by atoms with van der Waals surface area (Å²) in [6, 6.07) is 14.5. The van der Waals surface area contributed by atoms with Crippen LogP contribution in [-0.4, -0.2) is 59.7 Å². The van der Waals surface area contributed by atoms with E-state index in [4.69, 9.17) is 9.15 Å². The zero-order valence-electron chi connectivity index (χ0n) is 20.9. The third-order valence-electron chi connectivity index (χ3n) is 6.42. The van der Waals surface area contributed by atoms with E-state index < -0.39 is 5.82 Å². The van der Waals surface area contributed by atoms with Crippen LogP contribution in [0.1, 0.15) is 41.7 Å². The van der Waals surface area contributed by atoms with Crippen LogP contribution in [0.3, 0.4) is 0 Å². The normalized spacial score (nSPS) is 14.6. The molecule has 1 aliphatic heterocycles. The van der Waals surface area contributed by atoms with E-state index in [0.29, 0.717) is 30.4 Å². The number of benzene rings is 2. The first-order valence-electron chi connectivity index (χ1n) is 11.9. The molecule has 0 saturated carbocycles. The van der Waals surface area contributed by atoms with Crippen molar-refractivity contribution in [3.8, 4) is 5.75 Å². The first-order chi connectivity index (χ1) is 17.4. The third kappa shape index (κ3) is 5.82. The number of amides is 1. The second-order valence-corrected chi connectivity index (χ2v) is 8.94. The van der Waals surface area contributed by atoms with Crippen LogP contribution in [0, 0.1) is 12.7 Å². The Labute approximate surface area is 210 Å². The van der Waals surface area contributed by atoms with E-state index in [9.17, 15) is 9.18 Å². The molecule has 188 valence electrons. The summed E-state index contributed by atoms with van der Waals surface area (Å²) < 4.78 is 24.6. The van der Waals surface area contributed by atoms with E-state index >= 15 is 0 Å². The standard InChI is InChI=1S/C28H31FN4O3/c1-19(23-10-11-24(29)26(17-23)35-4)16-25(21-8-6-5-7-9-21)32(3)18-27(34)33-14-12-22(13-15-33)28-31-30-20(2)36-28/h5-11,16-17,22H,1,12-15,18H2,2-4H3/b25-16-. The van der Waals surface area contributed by atoms with Crippen molar-refractivity contribution in [2.75, 3.05) is 33.8 Å². The molecule has 1 amide bonds. The van der Waals surface area contributed by atoms with Gasteiger partial charge in [0.1, 0.15) is 0 Å². The van der Waals surface area contributed by atoms with Gasteiger partial charge in [-0.3, -0.25) is 4.79 Å². The first-order valence-corrected chi connectivity index (χ1v) is 11.9. The maximum Gasteiger partial charge on any atom is 0.242 e. The number of aryl methyl sites for hydroxylation is 1. The van der Waals surface area contributed by atoms with Gasteiger partial charge in [0.15, 0.2) is 11.6 Å². The first kappa shape index (κ1) is 25.2. The molecule has 1 saturated heterocycles. The molecule has 0 atom stereocenters. The van der Waals surface area contributed by atoms with Crippen molar-refractivity contribution in [3.63, 3.8) is 0 Å². The summed E-state index contributed by atoms with van der Waals surface area (Å²) >= 11 is 0. The molecule has 0 spiro atoms. The molecule has 1 fully saturated rings. The Morgan fingerprint density at radius 2 is 1.92 bits per heavy atom. The van der Waals surface area contributed by atoms with E-state index in [-0.39, 0.29) is 24.1 Å². The minimum atomic E-state index is -0.429. The summed E-state index contributed by atoms with van der Waals surface area (Å²) in [7, 11) is 3.32. The summed E-state index contributed by atoms with van der Waals surface area (Å²) in [5.41, 5.74) is 3.21. The Morgan fingerprint density at radius 1 is 1.19 bits per heavy atom. The Hall–Kier alpha value is -3.94. The van der Waals surface area contributed by atoms with Crippen molar-refractivity contribution >= 4 is 17.2 Å². The number of aromatic nitrogens is 2. The highest BCUT2D eigenvalue weighted by Gasteiger charge is 2.27. The predicted molar refractivity (Wildman–Crippen MR) is 137 cm³/mol. The maximum absolute atomic E-state index is 13.9. The predicted octanol–water partition coefficient (Wildman–Crippen LogP) is 4.92. The molecular formula is C28H31FN4O3. The molecule has 0 radical (unpaired) electrons. The minimum absolute atomic E-state index is 0.0496. The van der Waals surface area contributed by atoms with Crippen molar-refractivity contribution < 1.29 is 18.3 Å². The van der Waals surface area contributed by atoms with Crippen LogP contribution in [-0.2, 0) is 4.79 Å². The fourth-order valence-corrected chi connectivity index (χ4v) is 4.37. The van der Waals surface area contributed by atoms with Gasteiger partial charge in [0.05, 0.1) is 13.7 Å². The fraction of sp³-hybridized carbons (Fsp3) is 0.321. The average Bonchev–Trinajstić information content (AvgIpc) is 3.34. The number of allylic oxidation sites excluding steroid dienone is 2. The molecule has 8 heteroatoms. The quantitative estimate of drug-likeness (QED) is 0.418. The van der Waals surface area contributed by atoms with Crippen molar-refractivity contribution in [2.45, 2.75) is 25.7 Å². The van der Waals surface area contributed by atoms with Gasteiger partial charge in [-0.1, -0.05) is 43.0 Å². The van der Waals surface area contributed by atoms with E-state index in [1.807, 2.05) is 53.3 Å². The van der Waals surface area contributed by atoms with E-state index in [1.54, 1.807) is 19.1 Å². The van der Waals surface area contributed by atoms with Crippen LogP contribution in [0.4, 0.5) is 4.39 Å². The van der Waals surface area contributed by atoms with Crippen molar-refractivity contribution in [1.29, 1.82) is 0 Å². The fourth-order valence-electron chi connectivity index (χ4n) is 4.37. The molecule has 7 nitrogen and oxygen atoms in total. The van der Waals surface area contributed by atoms with Gasteiger partial charge >= 0.3 is 0 Å². The average molecular weight is 491 g/mol. The lowest BCUT2D eigenvalue weighted by Gasteiger charge is -2.32. The number of methoxy groups -OCH3 is 1. The number of piperidine rings is 1. The smallest absolute Gasteiger partial charge is 0.242 e. The van der Waals surface area contributed by atoms with Gasteiger partial charge in [-0.2, -0.15) is 0 Å². The van der Waals surface area contributed by atoms with Gasteiger partial charge in [0.25, 0.3) is 0 Å². The molecule has 4 rings (SSSR count). The monoisotopic (exact) mass is 490 g/mol. The summed E-state index contributed by atoms with van der Waals surface area (Å²) in [5.74, 6) is 1.18. The number of hydrogen-bond donors (Lipinski definition) is 0. The largest absolute Gasteiger partial charge is 0.494 e. The van der Waals surface area contributed by atoms with Crippen molar-refractivity contribution in [3.05, 3.63) is 89.9 Å². The van der Waals surface area contributed by atoms with Gasteiger partial charge in [-0.25, -0.2) is 4.39 Å². The number of nitrogens with zero attached hydrogens (tertiary/aromatic N) is 4. The maximum atomic E-state index is 13.9. The van der Waals surface area contributed by atoms with Gasteiger partial charge in [-0.15, -0.1) is 10.2 Å².